The number of hydrogen-bond donors (Lipinski definition) is 2. The number of carbonyl (C=O) groups excluding carboxylic acids is 1. The molecule has 3 rings (SSSR count). The maximum absolute atomic E-state index is 12.7. The van der Waals surface area contributed by atoms with E-state index in [-0.39, 0.29) is 15.9 Å². The molecule has 0 spiro atoms. The van der Waals surface area contributed by atoms with Crippen molar-refractivity contribution in [3.63, 3.8) is 0 Å². The molecule has 0 bridgehead atoms. The summed E-state index contributed by atoms with van der Waals surface area (Å²) >= 11 is 6.67. The Morgan fingerprint density at radius 3 is 2.45 bits per heavy atom. The van der Waals surface area contributed by atoms with E-state index >= 15 is 0 Å². The van der Waals surface area contributed by atoms with Crippen LogP contribution < -0.4 is 10.6 Å². The minimum atomic E-state index is -3.51. The zero-order valence-corrected chi connectivity index (χ0v) is 18.3. The Bertz CT molecular complexity index is 978. The second-order valence-electron chi connectivity index (χ2n) is 6.52. The molecule has 29 heavy (non-hydrogen) atoms. The number of carbonyl (C=O) groups is 1. The van der Waals surface area contributed by atoms with Gasteiger partial charge in [0.2, 0.25) is 15.9 Å². The molecule has 2 aromatic rings. The molecule has 7 nitrogen and oxygen atoms in total. The van der Waals surface area contributed by atoms with Crippen LogP contribution in [0.15, 0.2) is 52.7 Å². The van der Waals surface area contributed by atoms with Gasteiger partial charge < -0.3 is 10.2 Å². The van der Waals surface area contributed by atoms with Crippen molar-refractivity contribution in [3.8, 4) is 0 Å². The zero-order chi connectivity index (χ0) is 20.9. The molecule has 0 unspecified atom stereocenters. The largest absolute Gasteiger partial charge is 0.332 e. The van der Waals surface area contributed by atoms with Crippen molar-refractivity contribution in [2.75, 3.05) is 38.5 Å². The van der Waals surface area contributed by atoms with Gasteiger partial charge in [0.15, 0.2) is 5.11 Å². The molecule has 2 heterocycles. The van der Waals surface area contributed by atoms with Crippen LogP contribution in [0.2, 0.25) is 0 Å². The van der Waals surface area contributed by atoms with Gasteiger partial charge in [-0.3, -0.25) is 10.1 Å². The third-order valence-electron chi connectivity index (χ3n) is 4.39. The average molecular weight is 451 g/mol. The standard InChI is InChI=1S/C19H22N4O3S3/c1-22-10-12-23(13-11-22)29(25,26)17-7-4-15(5-8-17)20-19(27)21-18(24)9-6-16-3-2-14-28-16/h2-9,14H,10-13H2,1H3,(H2,20,21,24,27)/b9-6+. The number of likely N-dealkylation sites (N-methyl/N-ethyl adjacent to an activating group) is 1. The molecule has 0 saturated carbocycles. The summed E-state index contributed by atoms with van der Waals surface area (Å²) in [4.78, 5) is 15.2. The van der Waals surface area contributed by atoms with E-state index in [4.69, 9.17) is 12.2 Å². The van der Waals surface area contributed by atoms with Crippen molar-refractivity contribution < 1.29 is 13.2 Å². The number of rotatable bonds is 5. The second kappa shape index (κ2) is 9.59. The van der Waals surface area contributed by atoms with Crippen LogP contribution in [0, 0.1) is 0 Å². The Morgan fingerprint density at radius 1 is 1.14 bits per heavy atom. The molecule has 2 N–H and O–H groups in total. The molecule has 1 amide bonds. The van der Waals surface area contributed by atoms with E-state index < -0.39 is 10.0 Å². The molecule has 1 fully saturated rings. The first-order valence-electron chi connectivity index (χ1n) is 8.97. The van der Waals surface area contributed by atoms with Gasteiger partial charge in [0.1, 0.15) is 0 Å². The van der Waals surface area contributed by atoms with Crippen molar-refractivity contribution in [3.05, 3.63) is 52.7 Å². The molecule has 0 atom stereocenters. The van der Waals surface area contributed by atoms with E-state index in [0.29, 0.717) is 31.9 Å². The zero-order valence-electron chi connectivity index (χ0n) is 15.9. The highest BCUT2D eigenvalue weighted by molar-refractivity contribution is 7.89. The fourth-order valence-corrected chi connectivity index (χ4v) is 5.01. The van der Waals surface area contributed by atoms with Crippen LogP contribution in [0.25, 0.3) is 6.08 Å². The first-order chi connectivity index (χ1) is 13.8. The maximum atomic E-state index is 12.7. The fourth-order valence-electron chi connectivity index (χ4n) is 2.75. The van der Waals surface area contributed by atoms with E-state index in [0.717, 1.165) is 4.88 Å². The van der Waals surface area contributed by atoms with Gasteiger partial charge >= 0.3 is 0 Å². The molecule has 1 aromatic carbocycles. The number of amides is 1. The van der Waals surface area contributed by atoms with Gasteiger partial charge in [-0.25, -0.2) is 8.42 Å². The molecule has 0 aliphatic carbocycles. The highest BCUT2D eigenvalue weighted by Crippen LogP contribution is 2.19. The number of hydrogen-bond acceptors (Lipinski definition) is 6. The lowest BCUT2D eigenvalue weighted by molar-refractivity contribution is -0.115. The molecule has 154 valence electrons. The fraction of sp³-hybridized carbons (Fsp3) is 0.263. The van der Waals surface area contributed by atoms with Crippen LogP contribution in [0.4, 0.5) is 5.69 Å². The van der Waals surface area contributed by atoms with E-state index in [1.54, 1.807) is 18.2 Å². The molecule has 1 aliphatic rings. The molecule has 1 aliphatic heterocycles. The van der Waals surface area contributed by atoms with Gasteiger partial charge in [0.25, 0.3) is 0 Å². The lowest BCUT2D eigenvalue weighted by Gasteiger charge is -2.31. The summed E-state index contributed by atoms with van der Waals surface area (Å²) in [6.45, 7) is 2.39. The van der Waals surface area contributed by atoms with Gasteiger partial charge in [0, 0.05) is 42.8 Å². The summed E-state index contributed by atoms with van der Waals surface area (Å²) in [5.74, 6) is -0.342. The lowest BCUT2D eigenvalue weighted by atomic mass is 10.3. The van der Waals surface area contributed by atoms with E-state index in [9.17, 15) is 13.2 Å². The maximum Gasteiger partial charge on any atom is 0.250 e. The van der Waals surface area contributed by atoms with Crippen molar-refractivity contribution >= 4 is 56.4 Å². The van der Waals surface area contributed by atoms with Gasteiger partial charge in [-0.05, 0) is 61.1 Å². The van der Waals surface area contributed by atoms with E-state index in [1.165, 1.54) is 33.9 Å². The van der Waals surface area contributed by atoms with Crippen LogP contribution in [0.5, 0.6) is 0 Å². The molecule has 10 heteroatoms. The van der Waals surface area contributed by atoms with Crippen molar-refractivity contribution in [1.82, 2.24) is 14.5 Å². The van der Waals surface area contributed by atoms with Crippen LogP contribution in [0.3, 0.4) is 0 Å². The topological polar surface area (TPSA) is 81.8 Å². The Balaban J connectivity index is 1.55. The summed E-state index contributed by atoms with van der Waals surface area (Å²) in [7, 11) is -1.53. The summed E-state index contributed by atoms with van der Waals surface area (Å²) in [5.41, 5.74) is 0.592. The number of benzene rings is 1. The SMILES string of the molecule is CN1CCN(S(=O)(=O)c2ccc(NC(=S)NC(=O)/C=C/c3cccs3)cc2)CC1. The summed E-state index contributed by atoms with van der Waals surface area (Å²) < 4.78 is 27.0. The minimum Gasteiger partial charge on any atom is -0.332 e. The lowest BCUT2D eigenvalue weighted by Crippen LogP contribution is -2.46. The van der Waals surface area contributed by atoms with Crippen LogP contribution in [-0.4, -0.2) is 61.9 Å². The second-order valence-corrected chi connectivity index (χ2v) is 9.85. The minimum absolute atomic E-state index is 0.139. The summed E-state index contributed by atoms with van der Waals surface area (Å²) in [6, 6.07) is 10.1. The van der Waals surface area contributed by atoms with E-state index in [1.807, 2.05) is 24.6 Å². The number of nitrogens with one attached hydrogen (secondary N) is 2. The molecule has 1 aromatic heterocycles. The predicted octanol–water partition coefficient (Wildman–Crippen LogP) is 2.21. The Hall–Kier alpha value is -2.11. The third-order valence-corrected chi connectivity index (χ3v) is 7.35. The highest BCUT2D eigenvalue weighted by Gasteiger charge is 2.27. The Labute approximate surface area is 180 Å². The van der Waals surface area contributed by atoms with Crippen molar-refractivity contribution in [1.29, 1.82) is 0 Å². The van der Waals surface area contributed by atoms with Crippen molar-refractivity contribution in [2.45, 2.75) is 4.90 Å². The first kappa shape index (κ1) is 21.6. The van der Waals surface area contributed by atoms with Crippen LogP contribution in [-0.2, 0) is 14.8 Å². The number of thiophene rings is 1. The molecular weight excluding hydrogens is 428 g/mol. The number of anilines is 1. The van der Waals surface area contributed by atoms with Gasteiger partial charge in [-0.1, -0.05) is 6.07 Å². The average Bonchev–Trinajstić information content (AvgIpc) is 3.21. The molecule has 1 saturated heterocycles. The highest BCUT2D eigenvalue weighted by atomic mass is 32.2. The quantitative estimate of drug-likeness (QED) is 0.537. The number of piperazine rings is 1. The van der Waals surface area contributed by atoms with Gasteiger partial charge in [0.05, 0.1) is 4.90 Å². The molecular formula is C19H22N4O3S3. The summed E-state index contributed by atoms with van der Waals surface area (Å²) in [5, 5.41) is 7.51. The first-order valence-corrected chi connectivity index (χ1v) is 11.7. The summed E-state index contributed by atoms with van der Waals surface area (Å²) in [6.07, 6.45) is 3.12. The van der Waals surface area contributed by atoms with Crippen LogP contribution >= 0.6 is 23.6 Å². The normalized spacial score (nSPS) is 16.0. The monoisotopic (exact) mass is 450 g/mol. The Kier molecular flexibility index (Phi) is 7.14. The smallest absolute Gasteiger partial charge is 0.250 e. The third kappa shape index (κ3) is 5.94. The van der Waals surface area contributed by atoms with Gasteiger partial charge in [-0.15, -0.1) is 11.3 Å². The van der Waals surface area contributed by atoms with Crippen LogP contribution in [0.1, 0.15) is 4.88 Å². The van der Waals surface area contributed by atoms with Gasteiger partial charge in [-0.2, -0.15) is 4.31 Å². The number of sulfonamides is 1. The number of nitrogens with zero attached hydrogens (tertiary/aromatic N) is 2. The Morgan fingerprint density at radius 2 is 1.83 bits per heavy atom. The molecule has 0 radical (unpaired) electrons. The number of thiocarbonyl (C=S) groups is 1. The van der Waals surface area contributed by atoms with E-state index in [2.05, 4.69) is 15.5 Å². The predicted molar refractivity (Wildman–Crippen MR) is 120 cm³/mol. The van der Waals surface area contributed by atoms with Crippen molar-refractivity contribution in [2.24, 2.45) is 0 Å².